The van der Waals surface area contributed by atoms with E-state index in [-0.39, 0.29) is 24.3 Å². The highest BCUT2D eigenvalue weighted by atomic mass is 79.9. The van der Waals surface area contributed by atoms with Crippen LogP contribution >= 0.6 is 27.5 Å². The van der Waals surface area contributed by atoms with Gasteiger partial charge in [-0.1, -0.05) is 29.8 Å². The van der Waals surface area contributed by atoms with E-state index in [0.29, 0.717) is 16.2 Å². The van der Waals surface area contributed by atoms with Gasteiger partial charge in [0, 0.05) is 11.6 Å². The van der Waals surface area contributed by atoms with Crippen LogP contribution in [0.1, 0.15) is 35.0 Å². The van der Waals surface area contributed by atoms with Crippen molar-refractivity contribution in [1.29, 1.82) is 0 Å². The van der Waals surface area contributed by atoms with Gasteiger partial charge in [0.1, 0.15) is 0 Å². The maximum Gasteiger partial charge on any atom is 0.287 e. The van der Waals surface area contributed by atoms with Crippen LogP contribution in [0.25, 0.3) is 0 Å². The van der Waals surface area contributed by atoms with Crippen molar-refractivity contribution in [2.75, 3.05) is 26.2 Å². The molecule has 2 heterocycles. The second kappa shape index (κ2) is 9.39. The Labute approximate surface area is 171 Å². The molecule has 3 rings (SSSR count). The molecule has 2 aromatic rings. The van der Waals surface area contributed by atoms with E-state index in [1.807, 2.05) is 24.3 Å². The Bertz CT molecular complexity index is 805. The monoisotopic (exact) mass is 453 g/mol. The minimum Gasteiger partial charge on any atom is -0.444 e. The van der Waals surface area contributed by atoms with Crippen LogP contribution in [0.4, 0.5) is 0 Å². The molecular formula is C19H21BrClN3O3. The van der Waals surface area contributed by atoms with Crippen LogP contribution in [0.2, 0.25) is 5.02 Å². The predicted octanol–water partition coefficient (Wildman–Crippen LogP) is 3.38. The Morgan fingerprint density at radius 1 is 1.15 bits per heavy atom. The molecule has 8 heteroatoms. The summed E-state index contributed by atoms with van der Waals surface area (Å²) in [6.07, 6.45) is 2.29. The number of carbonyl (C=O) groups is 2. The predicted molar refractivity (Wildman–Crippen MR) is 107 cm³/mol. The Hall–Kier alpha value is -1.83. The van der Waals surface area contributed by atoms with Gasteiger partial charge in [-0.25, -0.2) is 0 Å². The van der Waals surface area contributed by atoms with Crippen molar-refractivity contribution in [2.24, 2.45) is 0 Å². The van der Waals surface area contributed by atoms with E-state index in [4.69, 9.17) is 16.0 Å². The number of halogens is 2. The first-order valence-electron chi connectivity index (χ1n) is 8.83. The fraction of sp³-hybridized carbons (Fsp3) is 0.368. The van der Waals surface area contributed by atoms with Gasteiger partial charge < -0.3 is 15.1 Å². The molecule has 1 saturated heterocycles. The smallest absolute Gasteiger partial charge is 0.287 e. The second-order valence-electron chi connectivity index (χ2n) is 6.37. The average Bonchev–Trinajstić information content (AvgIpc) is 3.33. The van der Waals surface area contributed by atoms with Crippen LogP contribution in [0, 0.1) is 0 Å². The average molecular weight is 455 g/mol. The molecule has 1 aliphatic rings. The van der Waals surface area contributed by atoms with E-state index in [1.165, 1.54) is 6.07 Å². The lowest BCUT2D eigenvalue weighted by Crippen LogP contribution is -2.41. The first-order chi connectivity index (χ1) is 13.0. The number of nitrogens with zero attached hydrogens (tertiary/aromatic N) is 1. The molecule has 1 aliphatic heterocycles. The van der Waals surface area contributed by atoms with Crippen LogP contribution in [-0.2, 0) is 4.79 Å². The lowest BCUT2D eigenvalue weighted by molar-refractivity contribution is -0.120. The molecule has 1 aromatic carbocycles. The molecule has 1 atom stereocenters. The number of amides is 2. The topological polar surface area (TPSA) is 74.6 Å². The van der Waals surface area contributed by atoms with E-state index in [2.05, 4.69) is 31.5 Å². The van der Waals surface area contributed by atoms with E-state index in [1.54, 1.807) is 6.07 Å². The molecule has 0 saturated carbocycles. The quantitative estimate of drug-likeness (QED) is 0.673. The molecule has 0 bridgehead atoms. The summed E-state index contributed by atoms with van der Waals surface area (Å²) in [5, 5.41) is 6.15. The molecule has 27 heavy (non-hydrogen) atoms. The number of nitrogens with one attached hydrogen (secondary N) is 2. The van der Waals surface area contributed by atoms with Crippen LogP contribution in [-0.4, -0.2) is 42.9 Å². The number of likely N-dealkylation sites (tertiary alicyclic amines) is 1. The first-order valence-corrected chi connectivity index (χ1v) is 10.0. The maximum atomic E-state index is 12.2. The fourth-order valence-electron chi connectivity index (χ4n) is 3.19. The number of benzene rings is 1. The molecule has 0 aliphatic carbocycles. The largest absolute Gasteiger partial charge is 0.444 e. The number of carbonyl (C=O) groups excluding carboxylic acids is 2. The van der Waals surface area contributed by atoms with Gasteiger partial charge in [-0.15, -0.1) is 0 Å². The molecule has 2 amide bonds. The molecule has 0 radical (unpaired) electrons. The van der Waals surface area contributed by atoms with E-state index < -0.39 is 5.91 Å². The van der Waals surface area contributed by atoms with Crippen molar-refractivity contribution < 1.29 is 14.0 Å². The highest BCUT2D eigenvalue weighted by Crippen LogP contribution is 2.29. The molecule has 1 fully saturated rings. The Morgan fingerprint density at radius 3 is 2.56 bits per heavy atom. The minimum absolute atomic E-state index is 0.0156. The molecule has 6 nitrogen and oxygen atoms in total. The summed E-state index contributed by atoms with van der Waals surface area (Å²) in [4.78, 5) is 26.5. The van der Waals surface area contributed by atoms with E-state index >= 15 is 0 Å². The summed E-state index contributed by atoms with van der Waals surface area (Å²) in [6, 6.07) is 10.9. The highest BCUT2D eigenvalue weighted by Gasteiger charge is 2.25. The van der Waals surface area contributed by atoms with E-state index in [9.17, 15) is 9.59 Å². The zero-order valence-electron chi connectivity index (χ0n) is 14.7. The van der Waals surface area contributed by atoms with Gasteiger partial charge in [0.2, 0.25) is 5.91 Å². The third-order valence-corrected chi connectivity index (χ3v) is 5.32. The van der Waals surface area contributed by atoms with Gasteiger partial charge in [-0.2, -0.15) is 0 Å². The molecular weight excluding hydrogens is 434 g/mol. The molecule has 2 N–H and O–H groups in total. The Kier molecular flexibility index (Phi) is 6.93. The fourth-order valence-corrected chi connectivity index (χ4v) is 3.76. The SMILES string of the molecule is O=C(CNC(=O)c1ccc(Br)o1)NC[C@H](c1ccccc1Cl)N1CCCC1. The van der Waals surface area contributed by atoms with Crippen molar-refractivity contribution in [2.45, 2.75) is 18.9 Å². The van der Waals surface area contributed by atoms with Gasteiger partial charge in [-0.3, -0.25) is 14.5 Å². The van der Waals surface area contributed by atoms with Gasteiger partial charge >= 0.3 is 0 Å². The van der Waals surface area contributed by atoms with Crippen LogP contribution in [0.15, 0.2) is 45.5 Å². The van der Waals surface area contributed by atoms with Crippen molar-refractivity contribution in [3.05, 3.63) is 57.4 Å². The van der Waals surface area contributed by atoms with Gasteiger partial charge in [0.25, 0.3) is 5.91 Å². The van der Waals surface area contributed by atoms with Crippen LogP contribution in [0.3, 0.4) is 0 Å². The molecule has 0 spiro atoms. The van der Waals surface area contributed by atoms with E-state index in [0.717, 1.165) is 31.5 Å². The molecule has 1 aromatic heterocycles. The summed E-state index contributed by atoms with van der Waals surface area (Å²) in [7, 11) is 0. The van der Waals surface area contributed by atoms with Crippen LogP contribution in [0.5, 0.6) is 0 Å². The van der Waals surface area contributed by atoms with Gasteiger partial charge in [0.15, 0.2) is 10.4 Å². The highest BCUT2D eigenvalue weighted by molar-refractivity contribution is 9.10. The minimum atomic E-state index is -0.432. The number of hydrogen-bond acceptors (Lipinski definition) is 4. The standard InChI is InChI=1S/C19H21BrClN3O3/c20-17-8-7-16(27-17)19(26)23-12-18(25)22-11-15(24-9-3-4-10-24)13-5-1-2-6-14(13)21/h1-2,5-8,15H,3-4,9-12H2,(H,22,25)(H,23,26)/t15-/m1/s1. The van der Waals surface area contributed by atoms with Crippen molar-refractivity contribution in [3.8, 4) is 0 Å². The van der Waals surface area contributed by atoms with Crippen molar-refractivity contribution in [1.82, 2.24) is 15.5 Å². The summed E-state index contributed by atoms with van der Waals surface area (Å²) < 4.78 is 5.63. The van der Waals surface area contributed by atoms with Crippen LogP contribution < -0.4 is 10.6 Å². The number of hydrogen-bond donors (Lipinski definition) is 2. The Morgan fingerprint density at radius 2 is 1.89 bits per heavy atom. The second-order valence-corrected chi connectivity index (χ2v) is 7.56. The number of furan rings is 1. The summed E-state index contributed by atoms with van der Waals surface area (Å²) in [5.41, 5.74) is 1.01. The molecule has 0 unspecified atom stereocenters. The third kappa shape index (κ3) is 5.34. The van der Waals surface area contributed by atoms with Gasteiger partial charge in [-0.05, 0) is 65.6 Å². The summed E-state index contributed by atoms with van der Waals surface area (Å²) in [5.74, 6) is -0.538. The first kappa shape index (κ1) is 19.9. The van der Waals surface area contributed by atoms with Gasteiger partial charge in [0.05, 0.1) is 12.6 Å². The van der Waals surface area contributed by atoms with Crippen molar-refractivity contribution >= 4 is 39.3 Å². The lowest BCUT2D eigenvalue weighted by atomic mass is 10.1. The molecule has 144 valence electrons. The summed E-state index contributed by atoms with van der Waals surface area (Å²) in [6.45, 7) is 2.28. The Balaban J connectivity index is 1.56. The zero-order chi connectivity index (χ0) is 19.2. The normalized spacial score (nSPS) is 15.5. The zero-order valence-corrected chi connectivity index (χ0v) is 17.1. The third-order valence-electron chi connectivity index (χ3n) is 4.54. The van der Waals surface area contributed by atoms with Crippen molar-refractivity contribution in [3.63, 3.8) is 0 Å². The maximum absolute atomic E-state index is 12.2. The number of rotatable bonds is 7. The lowest BCUT2D eigenvalue weighted by Gasteiger charge is -2.29. The summed E-state index contributed by atoms with van der Waals surface area (Å²) >= 11 is 9.51.